The zero-order valence-corrected chi connectivity index (χ0v) is 13.8. The van der Waals surface area contributed by atoms with E-state index in [2.05, 4.69) is 15.6 Å². The minimum atomic E-state index is -0.548. The molecule has 0 atom stereocenters. The Hall–Kier alpha value is -2.02. The lowest BCUT2D eigenvalue weighted by molar-refractivity contribution is 0.167. The van der Waals surface area contributed by atoms with Crippen LogP contribution >= 0.6 is 12.4 Å². The van der Waals surface area contributed by atoms with E-state index in [1.54, 1.807) is 17.0 Å². The molecule has 0 radical (unpaired) electrons. The summed E-state index contributed by atoms with van der Waals surface area (Å²) in [5.74, 6) is -0.154. The van der Waals surface area contributed by atoms with Crippen molar-refractivity contribution in [2.75, 3.05) is 25.0 Å². The first kappa shape index (κ1) is 17.3. The fourth-order valence-corrected chi connectivity index (χ4v) is 3.03. The molecule has 2 amide bonds. The van der Waals surface area contributed by atoms with Crippen molar-refractivity contribution in [3.05, 3.63) is 29.6 Å². The van der Waals surface area contributed by atoms with Crippen molar-refractivity contribution in [3.8, 4) is 0 Å². The number of nitrogens with zero attached hydrogens (tertiary/aromatic N) is 2. The molecule has 0 aliphatic carbocycles. The third-order valence-corrected chi connectivity index (χ3v) is 4.18. The van der Waals surface area contributed by atoms with E-state index in [0.717, 1.165) is 0 Å². The summed E-state index contributed by atoms with van der Waals surface area (Å²) in [6, 6.07) is 4.77. The largest absolute Gasteiger partial charge is 0.383 e. The van der Waals surface area contributed by atoms with Crippen molar-refractivity contribution in [2.45, 2.75) is 25.4 Å². The van der Waals surface area contributed by atoms with Gasteiger partial charge in [0.2, 0.25) is 0 Å². The van der Waals surface area contributed by atoms with Crippen molar-refractivity contribution in [3.63, 3.8) is 0 Å². The van der Waals surface area contributed by atoms with Crippen LogP contribution in [0.5, 0.6) is 0 Å². The number of likely N-dealkylation sites (tertiary alicyclic amines) is 1. The van der Waals surface area contributed by atoms with E-state index in [1.807, 2.05) is 6.92 Å². The Bertz CT molecular complexity index is 628. The van der Waals surface area contributed by atoms with Crippen molar-refractivity contribution in [1.29, 1.82) is 0 Å². The van der Waals surface area contributed by atoms with E-state index >= 15 is 0 Å². The summed E-state index contributed by atoms with van der Waals surface area (Å²) in [4.78, 5) is 18.1. The van der Waals surface area contributed by atoms with Crippen LogP contribution < -0.4 is 16.4 Å². The number of amidine groups is 1. The van der Waals surface area contributed by atoms with E-state index < -0.39 is 5.66 Å². The van der Waals surface area contributed by atoms with Gasteiger partial charge in [-0.05, 0) is 19.1 Å². The Kier molecular flexibility index (Phi) is 4.99. The Morgan fingerprint density at radius 3 is 2.83 bits per heavy atom. The zero-order valence-electron chi connectivity index (χ0n) is 12.9. The molecule has 3 rings (SSSR count). The quantitative estimate of drug-likeness (QED) is 0.729. The molecule has 6 nitrogen and oxygen atoms in total. The number of halogens is 2. The molecule has 1 aromatic carbocycles. The number of piperidine rings is 1. The van der Waals surface area contributed by atoms with Crippen molar-refractivity contribution in [1.82, 2.24) is 10.2 Å². The minimum absolute atomic E-state index is 0. The number of hydrogen-bond donors (Lipinski definition) is 3. The van der Waals surface area contributed by atoms with E-state index in [0.29, 0.717) is 43.7 Å². The number of anilines is 1. The molecule has 1 spiro atoms. The Morgan fingerprint density at radius 1 is 1.48 bits per heavy atom. The van der Waals surface area contributed by atoms with Crippen LogP contribution in [-0.4, -0.2) is 42.1 Å². The zero-order chi connectivity index (χ0) is 15.7. The molecule has 2 heterocycles. The molecule has 2 aliphatic heterocycles. The van der Waals surface area contributed by atoms with Gasteiger partial charge in [-0.1, -0.05) is 6.07 Å². The van der Waals surface area contributed by atoms with Crippen LogP contribution in [0.3, 0.4) is 0 Å². The Morgan fingerprint density at radius 2 is 2.17 bits per heavy atom. The third-order valence-electron chi connectivity index (χ3n) is 4.18. The smallest absolute Gasteiger partial charge is 0.317 e. The number of benzene rings is 1. The second kappa shape index (κ2) is 6.62. The van der Waals surface area contributed by atoms with Crippen LogP contribution in [0, 0.1) is 5.82 Å². The predicted octanol–water partition coefficient (Wildman–Crippen LogP) is 1.90. The van der Waals surface area contributed by atoms with Crippen LogP contribution in [0.15, 0.2) is 23.2 Å². The van der Waals surface area contributed by atoms with Crippen LogP contribution in [0.4, 0.5) is 14.9 Å². The molecule has 1 fully saturated rings. The van der Waals surface area contributed by atoms with Gasteiger partial charge in [0.25, 0.3) is 0 Å². The minimum Gasteiger partial charge on any atom is -0.383 e. The summed E-state index contributed by atoms with van der Waals surface area (Å²) in [5.41, 5.74) is 6.42. The highest BCUT2D eigenvalue weighted by Gasteiger charge is 2.39. The topological polar surface area (TPSA) is 82.8 Å². The van der Waals surface area contributed by atoms with Gasteiger partial charge in [-0.15, -0.1) is 12.4 Å². The lowest BCUT2D eigenvalue weighted by Crippen LogP contribution is -2.54. The second-order valence-corrected chi connectivity index (χ2v) is 5.64. The normalized spacial score (nSPS) is 18.3. The van der Waals surface area contributed by atoms with Crippen LogP contribution in [0.1, 0.15) is 25.3 Å². The maximum Gasteiger partial charge on any atom is 0.317 e. The molecule has 1 saturated heterocycles. The van der Waals surface area contributed by atoms with E-state index in [4.69, 9.17) is 5.73 Å². The highest BCUT2D eigenvalue weighted by Crippen LogP contribution is 2.34. The van der Waals surface area contributed by atoms with Gasteiger partial charge in [-0.2, -0.15) is 0 Å². The average Bonchev–Trinajstić information content (AvgIpc) is 2.47. The summed E-state index contributed by atoms with van der Waals surface area (Å²) in [7, 11) is 0. The number of nitrogens with one attached hydrogen (secondary N) is 2. The Labute approximate surface area is 140 Å². The maximum atomic E-state index is 13.9. The summed E-state index contributed by atoms with van der Waals surface area (Å²) in [5, 5.41) is 6.10. The van der Waals surface area contributed by atoms with Crippen molar-refractivity contribution >= 4 is 30.0 Å². The average molecular weight is 342 g/mol. The molecule has 2 aliphatic rings. The SMILES string of the molecule is CCNC(=O)N1CCC2(CC1)N=C(N)c1c(F)cccc1N2.Cl. The Balaban J connectivity index is 0.00000192. The highest BCUT2D eigenvalue weighted by atomic mass is 35.5. The number of rotatable bonds is 1. The van der Waals surface area contributed by atoms with E-state index in [1.165, 1.54) is 6.07 Å². The molecular weight excluding hydrogens is 321 g/mol. The predicted molar refractivity (Wildman–Crippen MR) is 90.6 cm³/mol. The fraction of sp³-hybridized carbons (Fsp3) is 0.467. The summed E-state index contributed by atoms with van der Waals surface area (Å²) < 4.78 is 13.9. The first-order valence-electron chi connectivity index (χ1n) is 7.50. The van der Waals surface area contributed by atoms with E-state index in [9.17, 15) is 9.18 Å². The molecule has 126 valence electrons. The maximum absolute atomic E-state index is 13.9. The highest BCUT2D eigenvalue weighted by molar-refractivity contribution is 6.04. The molecule has 1 aromatic rings. The van der Waals surface area contributed by atoms with Crippen molar-refractivity contribution in [2.24, 2.45) is 10.7 Å². The molecule has 8 heteroatoms. The molecule has 0 aromatic heterocycles. The van der Waals surface area contributed by atoms with Gasteiger partial charge in [0.15, 0.2) is 0 Å². The first-order valence-corrected chi connectivity index (χ1v) is 7.50. The van der Waals surface area contributed by atoms with Gasteiger partial charge < -0.3 is 21.3 Å². The standard InChI is InChI=1S/C15H20FN5O.ClH/c1-2-18-14(22)21-8-6-15(7-9-21)19-11-5-3-4-10(16)12(11)13(17)20-15;/h3-5,19H,2,6-9H2,1H3,(H2,17,20)(H,18,22);1H. The summed E-state index contributed by atoms with van der Waals surface area (Å²) in [6.45, 7) is 3.67. The number of fused-ring (bicyclic) bond motifs is 1. The monoisotopic (exact) mass is 341 g/mol. The third kappa shape index (κ3) is 3.19. The number of urea groups is 1. The van der Waals surface area contributed by atoms with Gasteiger partial charge in [0, 0.05) is 38.2 Å². The van der Waals surface area contributed by atoms with Gasteiger partial charge >= 0.3 is 6.03 Å². The lowest BCUT2D eigenvalue weighted by atomic mass is 9.94. The number of carbonyl (C=O) groups excluding carboxylic acids is 1. The van der Waals surface area contributed by atoms with Gasteiger partial charge in [-0.3, -0.25) is 0 Å². The molecule has 4 N–H and O–H groups in total. The van der Waals surface area contributed by atoms with Gasteiger partial charge in [-0.25, -0.2) is 14.2 Å². The number of amides is 2. The number of nitrogens with two attached hydrogens (primary N) is 1. The van der Waals surface area contributed by atoms with Crippen molar-refractivity contribution < 1.29 is 9.18 Å². The van der Waals surface area contributed by atoms with Gasteiger partial charge in [0.1, 0.15) is 17.3 Å². The summed E-state index contributed by atoms with van der Waals surface area (Å²) in [6.07, 6.45) is 1.28. The summed E-state index contributed by atoms with van der Waals surface area (Å²) >= 11 is 0. The van der Waals surface area contributed by atoms with E-state index in [-0.39, 0.29) is 30.1 Å². The lowest BCUT2D eigenvalue weighted by Gasteiger charge is -2.42. The van der Waals surface area contributed by atoms with Crippen LogP contribution in [0.2, 0.25) is 0 Å². The van der Waals surface area contributed by atoms with Crippen LogP contribution in [-0.2, 0) is 0 Å². The fourth-order valence-electron chi connectivity index (χ4n) is 3.03. The molecule has 0 unspecified atom stereocenters. The number of hydrogen-bond acceptors (Lipinski definition) is 4. The molecule has 0 bridgehead atoms. The molecule has 0 saturated carbocycles. The number of carbonyl (C=O) groups is 1. The molecule has 23 heavy (non-hydrogen) atoms. The second-order valence-electron chi connectivity index (χ2n) is 5.64. The van der Waals surface area contributed by atoms with Gasteiger partial charge in [0.05, 0.1) is 5.56 Å². The van der Waals surface area contributed by atoms with Crippen LogP contribution in [0.25, 0.3) is 0 Å². The number of aliphatic imine (C=N–C) groups is 1. The first-order chi connectivity index (χ1) is 10.5. The molecular formula is C15H21ClFN5O.